The first-order valence-electron chi connectivity index (χ1n) is 3.84. The van der Waals surface area contributed by atoms with Crippen LogP contribution in [-0.4, -0.2) is 19.3 Å². The van der Waals surface area contributed by atoms with Crippen molar-refractivity contribution in [3.05, 3.63) is 24.4 Å². The van der Waals surface area contributed by atoms with E-state index in [4.69, 9.17) is 5.73 Å². The average molecular weight is 225 g/mol. The number of nitrogens with two attached hydrogens (primary N) is 1. The predicted molar refractivity (Wildman–Crippen MR) is 54.0 cm³/mol. The van der Waals surface area contributed by atoms with E-state index in [1.807, 2.05) is 0 Å². The minimum absolute atomic E-state index is 0.384. The van der Waals surface area contributed by atoms with Crippen LogP contribution in [0, 0.1) is 0 Å². The van der Waals surface area contributed by atoms with Crippen LogP contribution in [0.3, 0.4) is 0 Å². The highest BCUT2D eigenvalue weighted by molar-refractivity contribution is 8.00. The topological polar surface area (TPSA) is 77.6 Å². The van der Waals surface area contributed by atoms with Gasteiger partial charge in [-0.05, 0) is 23.3 Å². The Morgan fingerprint density at radius 2 is 2.14 bits per heavy atom. The number of hydrogen-bond acceptors (Lipinski definition) is 7. The lowest BCUT2D eigenvalue weighted by Gasteiger charge is -2.01. The Labute approximate surface area is 89.0 Å². The van der Waals surface area contributed by atoms with Crippen LogP contribution in [0.4, 0.5) is 0 Å². The molecule has 0 saturated heterocycles. The molecule has 2 aromatic rings. The molecule has 0 fully saturated rings. The second kappa shape index (κ2) is 4.45. The summed E-state index contributed by atoms with van der Waals surface area (Å²) in [6.45, 7) is 0.384. The van der Waals surface area contributed by atoms with Gasteiger partial charge in [0.1, 0.15) is 11.4 Å². The molecular formula is C7H7N5S2. The molecule has 0 amide bonds. The van der Waals surface area contributed by atoms with E-state index < -0.39 is 0 Å². The Hall–Kier alpha value is -1.05. The third kappa shape index (κ3) is 2.06. The molecule has 0 aromatic carbocycles. The predicted octanol–water partition coefficient (Wildman–Crippen LogP) is 0.938. The van der Waals surface area contributed by atoms with Crippen molar-refractivity contribution in [2.45, 2.75) is 15.9 Å². The summed E-state index contributed by atoms with van der Waals surface area (Å²) in [4.78, 5) is 12.4. The molecule has 2 aromatic heterocycles. The van der Waals surface area contributed by atoms with E-state index in [-0.39, 0.29) is 0 Å². The zero-order valence-corrected chi connectivity index (χ0v) is 8.75. The van der Waals surface area contributed by atoms with Crippen LogP contribution >= 0.6 is 23.3 Å². The summed E-state index contributed by atoms with van der Waals surface area (Å²) in [5.74, 6) is 0. The van der Waals surface area contributed by atoms with Gasteiger partial charge in [-0.25, -0.2) is 9.97 Å². The van der Waals surface area contributed by atoms with Gasteiger partial charge in [-0.1, -0.05) is 0 Å². The highest BCUT2D eigenvalue weighted by Gasteiger charge is 2.07. The summed E-state index contributed by atoms with van der Waals surface area (Å²) < 4.78 is 4.75. The summed E-state index contributed by atoms with van der Waals surface area (Å²) >= 11 is 2.77. The van der Waals surface area contributed by atoms with Crippen molar-refractivity contribution in [3.63, 3.8) is 0 Å². The third-order valence-electron chi connectivity index (χ3n) is 1.45. The summed E-state index contributed by atoms with van der Waals surface area (Å²) in [5.41, 5.74) is 6.32. The molecule has 2 N–H and O–H groups in total. The van der Waals surface area contributed by atoms with Crippen molar-refractivity contribution in [1.82, 2.24) is 19.3 Å². The van der Waals surface area contributed by atoms with Gasteiger partial charge in [-0.15, -0.1) is 0 Å². The first-order valence-corrected chi connectivity index (χ1v) is 5.43. The summed E-state index contributed by atoms with van der Waals surface area (Å²) in [6, 6.07) is 0. The van der Waals surface area contributed by atoms with Gasteiger partial charge in [0.25, 0.3) is 0 Å². The second-order valence-corrected chi connectivity index (χ2v) is 4.34. The third-order valence-corrected chi connectivity index (χ3v) is 3.20. The Bertz CT molecular complexity index is 402. The van der Waals surface area contributed by atoms with Crippen molar-refractivity contribution in [3.8, 4) is 0 Å². The number of rotatable bonds is 3. The van der Waals surface area contributed by atoms with Crippen LogP contribution in [-0.2, 0) is 6.54 Å². The van der Waals surface area contributed by atoms with Gasteiger partial charge >= 0.3 is 0 Å². The molecule has 0 unspecified atom stereocenters. The fraction of sp³-hybridized carbons (Fsp3) is 0.143. The van der Waals surface area contributed by atoms with Gasteiger partial charge < -0.3 is 5.73 Å². The van der Waals surface area contributed by atoms with Crippen LogP contribution in [0.2, 0.25) is 0 Å². The Kier molecular flexibility index (Phi) is 3.02. The SMILES string of the molecule is NCc1nccnc1Sc1ncns1. The Morgan fingerprint density at radius 3 is 2.86 bits per heavy atom. The Balaban J connectivity index is 2.24. The molecular weight excluding hydrogens is 218 g/mol. The van der Waals surface area contributed by atoms with Crippen LogP contribution in [0.5, 0.6) is 0 Å². The molecule has 0 aliphatic heterocycles. The van der Waals surface area contributed by atoms with E-state index in [2.05, 4.69) is 19.3 Å². The van der Waals surface area contributed by atoms with Gasteiger partial charge in [-0.2, -0.15) is 4.37 Å². The molecule has 0 aliphatic carbocycles. The molecule has 14 heavy (non-hydrogen) atoms. The molecule has 72 valence electrons. The van der Waals surface area contributed by atoms with E-state index in [0.29, 0.717) is 6.54 Å². The highest BCUT2D eigenvalue weighted by Crippen LogP contribution is 2.27. The van der Waals surface area contributed by atoms with Gasteiger partial charge in [0, 0.05) is 18.9 Å². The van der Waals surface area contributed by atoms with E-state index in [1.165, 1.54) is 29.6 Å². The minimum Gasteiger partial charge on any atom is -0.325 e. The standard InChI is InChI=1S/C7H7N5S2/c8-3-5-6(10-2-1-9-5)13-7-11-4-12-14-7/h1-2,4H,3,8H2. The lowest BCUT2D eigenvalue weighted by molar-refractivity contribution is 0.886. The molecule has 0 spiro atoms. The first-order chi connectivity index (χ1) is 6.90. The highest BCUT2D eigenvalue weighted by atomic mass is 32.2. The molecule has 2 heterocycles. The monoisotopic (exact) mass is 225 g/mol. The summed E-state index contributed by atoms with van der Waals surface area (Å²) in [7, 11) is 0. The molecule has 0 bridgehead atoms. The molecule has 7 heteroatoms. The van der Waals surface area contributed by atoms with Gasteiger partial charge in [0.05, 0.1) is 5.69 Å². The van der Waals surface area contributed by atoms with E-state index in [1.54, 1.807) is 12.4 Å². The zero-order valence-electron chi connectivity index (χ0n) is 7.12. The second-order valence-electron chi connectivity index (χ2n) is 2.32. The smallest absolute Gasteiger partial charge is 0.176 e. The minimum atomic E-state index is 0.384. The lowest BCUT2D eigenvalue weighted by atomic mass is 10.5. The quantitative estimate of drug-likeness (QED) is 0.837. The van der Waals surface area contributed by atoms with Crippen molar-refractivity contribution in [1.29, 1.82) is 0 Å². The van der Waals surface area contributed by atoms with Crippen molar-refractivity contribution in [2.75, 3.05) is 0 Å². The summed E-state index contributed by atoms with van der Waals surface area (Å²) in [5, 5.41) is 0.798. The molecule has 0 atom stereocenters. The number of hydrogen-bond donors (Lipinski definition) is 1. The molecule has 2 rings (SSSR count). The van der Waals surface area contributed by atoms with E-state index >= 15 is 0 Å². The molecule has 0 saturated carbocycles. The largest absolute Gasteiger partial charge is 0.325 e. The molecule has 0 aliphatic rings. The van der Waals surface area contributed by atoms with Crippen LogP contribution in [0.15, 0.2) is 28.1 Å². The van der Waals surface area contributed by atoms with E-state index in [9.17, 15) is 0 Å². The normalized spacial score (nSPS) is 10.4. The van der Waals surface area contributed by atoms with Crippen molar-refractivity contribution < 1.29 is 0 Å². The maximum absolute atomic E-state index is 5.53. The maximum atomic E-state index is 5.53. The van der Waals surface area contributed by atoms with E-state index in [0.717, 1.165) is 15.1 Å². The van der Waals surface area contributed by atoms with Crippen LogP contribution < -0.4 is 5.73 Å². The van der Waals surface area contributed by atoms with Gasteiger partial charge in [-0.3, -0.25) is 4.98 Å². The molecule has 0 radical (unpaired) electrons. The molecule has 5 nitrogen and oxygen atoms in total. The first kappa shape index (κ1) is 9.50. The number of aromatic nitrogens is 4. The van der Waals surface area contributed by atoms with Crippen LogP contribution in [0.1, 0.15) is 5.69 Å². The van der Waals surface area contributed by atoms with Gasteiger partial charge in [0.2, 0.25) is 0 Å². The fourth-order valence-electron chi connectivity index (χ4n) is 0.870. The maximum Gasteiger partial charge on any atom is 0.176 e. The zero-order chi connectivity index (χ0) is 9.80. The van der Waals surface area contributed by atoms with Crippen molar-refractivity contribution in [2.24, 2.45) is 5.73 Å². The average Bonchev–Trinajstić information content (AvgIpc) is 2.71. The Morgan fingerprint density at radius 1 is 1.29 bits per heavy atom. The van der Waals surface area contributed by atoms with Crippen LogP contribution in [0.25, 0.3) is 0 Å². The van der Waals surface area contributed by atoms with Gasteiger partial charge in [0.15, 0.2) is 4.34 Å². The lowest BCUT2D eigenvalue weighted by Crippen LogP contribution is -2.02. The fourth-order valence-corrected chi connectivity index (χ4v) is 2.30. The summed E-state index contributed by atoms with van der Waals surface area (Å²) in [6.07, 6.45) is 4.79. The van der Waals surface area contributed by atoms with Crippen molar-refractivity contribution >= 4 is 23.3 Å². The number of nitrogens with zero attached hydrogens (tertiary/aromatic N) is 4.